The molecule has 2 saturated heterocycles. The minimum atomic E-state index is -0.180. The fourth-order valence-electron chi connectivity index (χ4n) is 2.35. The van der Waals surface area contributed by atoms with Crippen molar-refractivity contribution in [2.75, 3.05) is 19.8 Å². The van der Waals surface area contributed by atoms with Gasteiger partial charge < -0.3 is 14.4 Å². The summed E-state index contributed by atoms with van der Waals surface area (Å²) in [6.45, 7) is 4.09. The summed E-state index contributed by atoms with van der Waals surface area (Å²) >= 11 is 0. The molecule has 2 aliphatic heterocycles. The van der Waals surface area contributed by atoms with E-state index in [0.717, 1.165) is 19.4 Å². The molecular formula is C11H19NO3. The molecular weight excluding hydrogens is 194 g/mol. The van der Waals surface area contributed by atoms with E-state index in [2.05, 4.69) is 0 Å². The van der Waals surface area contributed by atoms with Crippen LogP contribution in [0.2, 0.25) is 0 Å². The monoisotopic (exact) mass is 213 g/mol. The number of nitrogens with zero attached hydrogens (tertiary/aromatic N) is 1. The molecule has 4 nitrogen and oxygen atoms in total. The van der Waals surface area contributed by atoms with Crippen LogP contribution in [0.1, 0.15) is 32.6 Å². The first-order valence-corrected chi connectivity index (χ1v) is 5.85. The average molecular weight is 213 g/mol. The molecule has 2 heterocycles. The molecule has 2 fully saturated rings. The normalized spacial score (nSPS) is 28.3. The van der Waals surface area contributed by atoms with Crippen LogP contribution in [0.15, 0.2) is 0 Å². The molecule has 0 aliphatic carbocycles. The Morgan fingerprint density at radius 1 is 1.33 bits per heavy atom. The van der Waals surface area contributed by atoms with Crippen LogP contribution in [-0.2, 0) is 14.3 Å². The predicted octanol–water partition coefficient (Wildman–Crippen LogP) is 1.15. The van der Waals surface area contributed by atoms with Gasteiger partial charge in [0.15, 0.2) is 6.29 Å². The van der Waals surface area contributed by atoms with Gasteiger partial charge in [-0.3, -0.25) is 4.79 Å². The van der Waals surface area contributed by atoms with Crippen LogP contribution >= 0.6 is 0 Å². The second-order valence-electron chi connectivity index (χ2n) is 4.11. The molecule has 0 bridgehead atoms. The number of likely N-dealkylation sites (tertiary alicyclic amines) is 1. The molecule has 86 valence electrons. The standard InChI is InChI=1S/C11H19NO3/c1-2-10(13)12-6-4-3-5-9(12)11-14-7-8-15-11/h9,11H,2-8H2,1H3. The van der Waals surface area contributed by atoms with Crippen molar-refractivity contribution >= 4 is 5.91 Å². The highest BCUT2D eigenvalue weighted by Gasteiger charge is 2.35. The maximum absolute atomic E-state index is 11.7. The molecule has 0 spiro atoms. The lowest BCUT2D eigenvalue weighted by molar-refractivity contribution is -0.150. The first kappa shape index (κ1) is 10.9. The Labute approximate surface area is 90.5 Å². The van der Waals surface area contributed by atoms with Gasteiger partial charge in [0.1, 0.15) is 0 Å². The van der Waals surface area contributed by atoms with Crippen molar-refractivity contribution in [3.63, 3.8) is 0 Å². The van der Waals surface area contributed by atoms with Crippen LogP contribution in [0.4, 0.5) is 0 Å². The zero-order valence-corrected chi connectivity index (χ0v) is 9.28. The highest BCUT2D eigenvalue weighted by atomic mass is 16.7. The molecule has 1 amide bonds. The van der Waals surface area contributed by atoms with Crippen LogP contribution in [0.3, 0.4) is 0 Å². The van der Waals surface area contributed by atoms with Crippen molar-refractivity contribution in [2.45, 2.75) is 44.9 Å². The maximum atomic E-state index is 11.7. The molecule has 15 heavy (non-hydrogen) atoms. The molecule has 4 heteroatoms. The third-order valence-electron chi connectivity index (χ3n) is 3.13. The van der Waals surface area contributed by atoms with Gasteiger partial charge in [0.05, 0.1) is 19.3 Å². The van der Waals surface area contributed by atoms with Crippen LogP contribution < -0.4 is 0 Å². The Balaban J connectivity index is 2.01. The number of rotatable bonds is 2. The fraction of sp³-hybridized carbons (Fsp3) is 0.909. The summed E-state index contributed by atoms with van der Waals surface area (Å²) in [6.07, 6.45) is 3.68. The third kappa shape index (κ3) is 2.32. The molecule has 0 N–H and O–H groups in total. The van der Waals surface area contributed by atoms with Gasteiger partial charge in [-0.05, 0) is 19.3 Å². The Morgan fingerprint density at radius 2 is 2.07 bits per heavy atom. The summed E-state index contributed by atoms with van der Waals surface area (Å²) in [5, 5.41) is 0. The average Bonchev–Trinajstić information content (AvgIpc) is 2.81. The topological polar surface area (TPSA) is 38.8 Å². The van der Waals surface area contributed by atoms with Gasteiger partial charge in [0.25, 0.3) is 0 Å². The molecule has 0 saturated carbocycles. The van der Waals surface area contributed by atoms with Crippen molar-refractivity contribution in [1.82, 2.24) is 4.90 Å². The number of amides is 1. The van der Waals surface area contributed by atoms with Gasteiger partial charge in [-0.1, -0.05) is 6.92 Å². The Kier molecular flexibility index (Phi) is 3.59. The van der Waals surface area contributed by atoms with E-state index in [-0.39, 0.29) is 18.2 Å². The van der Waals surface area contributed by atoms with E-state index in [4.69, 9.17) is 9.47 Å². The number of carbonyl (C=O) groups excluding carboxylic acids is 1. The zero-order chi connectivity index (χ0) is 10.7. The Hall–Kier alpha value is -0.610. The van der Waals surface area contributed by atoms with Gasteiger partial charge in [-0.2, -0.15) is 0 Å². The highest BCUT2D eigenvalue weighted by molar-refractivity contribution is 5.76. The SMILES string of the molecule is CCC(=O)N1CCCCC1C1OCCO1. The number of piperidine rings is 1. The van der Waals surface area contributed by atoms with Crippen LogP contribution in [0.5, 0.6) is 0 Å². The first-order valence-electron chi connectivity index (χ1n) is 5.85. The largest absolute Gasteiger partial charge is 0.348 e. The lowest BCUT2D eigenvalue weighted by atomic mass is 10.0. The quantitative estimate of drug-likeness (QED) is 0.690. The van der Waals surface area contributed by atoms with Gasteiger partial charge in [0, 0.05) is 13.0 Å². The summed E-state index contributed by atoms with van der Waals surface area (Å²) in [5.41, 5.74) is 0. The zero-order valence-electron chi connectivity index (χ0n) is 9.28. The minimum absolute atomic E-state index is 0.147. The predicted molar refractivity (Wildman–Crippen MR) is 55.3 cm³/mol. The van der Waals surface area contributed by atoms with E-state index >= 15 is 0 Å². The Morgan fingerprint density at radius 3 is 2.73 bits per heavy atom. The summed E-state index contributed by atoms with van der Waals surface area (Å²) in [6, 6.07) is 0.147. The van der Waals surface area contributed by atoms with E-state index in [1.165, 1.54) is 6.42 Å². The summed E-state index contributed by atoms with van der Waals surface area (Å²) in [5.74, 6) is 0.221. The van der Waals surface area contributed by atoms with E-state index in [1.54, 1.807) is 0 Å². The van der Waals surface area contributed by atoms with Gasteiger partial charge in [-0.25, -0.2) is 0 Å². The minimum Gasteiger partial charge on any atom is -0.348 e. The van der Waals surface area contributed by atoms with Crippen LogP contribution in [-0.4, -0.2) is 42.9 Å². The van der Waals surface area contributed by atoms with Crippen LogP contribution in [0, 0.1) is 0 Å². The van der Waals surface area contributed by atoms with Gasteiger partial charge in [0.2, 0.25) is 5.91 Å². The van der Waals surface area contributed by atoms with E-state index in [1.807, 2.05) is 11.8 Å². The van der Waals surface area contributed by atoms with Crippen molar-refractivity contribution < 1.29 is 14.3 Å². The van der Waals surface area contributed by atoms with Crippen molar-refractivity contribution in [1.29, 1.82) is 0 Å². The molecule has 2 rings (SSSR count). The van der Waals surface area contributed by atoms with Gasteiger partial charge in [-0.15, -0.1) is 0 Å². The number of ether oxygens (including phenoxy) is 2. The maximum Gasteiger partial charge on any atom is 0.222 e. The van der Waals surface area contributed by atoms with E-state index in [9.17, 15) is 4.79 Å². The molecule has 1 unspecified atom stereocenters. The highest BCUT2D eigenvalue weighted by Crippen LogP contribution is 2.24. The van der Waals surface area contributed by atoms with E-state index in [0.29, 0.717) is 19.6 Å². The second kappa shape index (κ2) is 4.94. The number of hydrogen-bond donors (Lipinski definition) is 0. The first-order chi connectivity index (χ1) is 7.33. The van der Waals surface area contributed by atoms with Crippen molar-refractivity contribution in [3.05, 3.63) is 0 Å². The van der Waals surface area contributed by atoms with Gasteiger partial charge >= 0.3 is 0 Å². The fourth-order valence-corrected chi connectivity index (χ4v) is 2.35. The molecule has 2 aliphatic rings. The van der Waals surface area contributed by atoms with Crippen molar-refractivity contribution in [3.8, 4) is 0 Å². The molecule has 0 aromatic carbocycles. The lowest BCUT2D eigenvalue weighted by Crippen LogP contribution is -2.49. The number of hydrogen-bond acceptors (Lipinski definition) is 3. The summed E-state index contributed by atoms with van der Waals surface area (Å²) in [7, 11) is 0. The molecule has 0 radical (unpaired) electrons. The second-order valence-corrected chi connectivity index (χ2v) is 4.11. The van der Waals surface area contributed by atoms with Crippen LogP contribution in [0.25, 0.3) is 0 Å². The number of carbonyl (C=O) groups is 1. The lowest BCUT2D eigenvalue weighted by Gasteiger charge is -2.37. The molecule has 1 atom stereocenters. The smallest absolute Gasteiger partial charge is 0.222 e. The van der Waals surface area contributed by atoms with Crippen molar-refractivity contribution in [2.24, 2.45) is 0 Å². The summed E-state index contributed by atoms with van der Waals surface area (Å²) in [4.78, 5) is 13.7. The third-order valence-corrected chi connectivity index (χ3v) is 3.13. The molecule has 0 aromatic heterocycles. The van der Waals surface area contributed by atoms with E-state index < -0.39 is 0 Å². The molecule has 0 aromatic rings. The summed E-state index contributed by atoms with van der Waals surface area (Å²) < 4.78 is 11.0. The Bertz CT molecular complexity index is 226.